The normalized spacial score (nSPS) is 33.7. The van der Waals surface area contributed by atoms with E-state index in [4.69, 9.17) is 23.7 Å². The molecule has 6 nitrogen and oxygen atoms in total. The van der Waals surface area contributed by atoms with E-state index in [1.807, 2.05) is 67.6 Å². The molecule has 1 aliphatic heterocycles. The van der Waals surface area contributed by atoms with E-state index < -0.39 is 30.7 Å². The van der Waals surface area contributed by atoms with E-state index in [0.717, 1.165) is 24.0 Å². The van der Waals surface area contributed by atoms with Gasteiger partial charge in [-0.2, -0.15) is 0 Å². The Bertz CT molecular complexity index is 993. The third kappa shape index (κ3) is 5.51. The molecule has 6 heteroatoms. The quantitative estimate of drug-likeness (QED) is 0.386. The summed E-state index contributed by atoms with van der Waals surface area (Å²) in [6.45, 7) is 2.63. The zero-order valence-electron chi connectivity index (χ0n) is 20.3. The van der Waals surface area contributed by atoms with Crippen LogP contribution >= 0.6 is 0 Å². The second-order valence-corrected chi connectivity index (χ2v) is 9.76. The van der Waals surface area contributed by atoms with Gasteiger partial charge in [0.05, 0.1) is 25.2 Å². The number of allylic oxidation sites excluding steroid dienone is 2. The minimum absolute atomic E-state index is 0.101. The molecule has 1 saturated heterocycles. The van der Waals surface area contributed by atoms with Crippen LogP contribution in [0.2, 0.25) is 0 Å². The molecule has 2 fully saturated rings. The zero-order chi connectivity index (χ0) is 24.2. The van der Waals surface area contributed by atoms with Gasteiger partial charge in [-0.3, -0.25) is 4.79 Å². The average Bonchev–Trinajstić information content (AvgIpc) is 3.53. The molecule has 0 spiro atoms. The van der Waals surface area contributed by atoms with Gasteiger partial charge in [0.2, 0.25) is 0 Å². The number of methoxy groups -OCH3 is 1. The lowest BCUT2D eigenvalue weighted by molar-refractivity contribution is -0.309. The second kappa shape index (κ2) is 11.0. The molecule has 2 aromatic carbocycles. The maximum Gasteiger partial charge on any atom is 0.310 e. The summed E-state index contributed by atoms with van der Waals surface area (Å²) in [6, 6.07) is 19.9. The number of fused-ring (bicyclic) bond motifs is 2. The lowest BCUT2D eigenvalue weighted by atomic mass is 9.93. The minimum Gasteiger partial charge on any atom is -0.456 e. The van der Waals surface area contributed by atoms with Gasteiger partial charge in [0.25, 0.3) is 0 Å². The number of benzene rings is 2. The molecule has 0 N–H and O–H groups in total. The number of esters is 1. The highest BCUT2D eigenvalue weighted by atomic mass is 16.7. The lowest BCUT2D eigenvalue weighted by Crippen LogP contribution is -2.60. The van der Waals surface area contributed by atoms with Crippen LogP contribution in [0.4, 0.5) is 0 Å². The number of hydrogen-bond acceptors (Lipinski definition) is 6. The van der Waals surface area contributed by atoms with Crippen molar-refractivity contribution in [3.8, 4) is 0 Å². The molecule has 3 aliphatic rings. The summed E-state index contributed by atoms with van der Waals surface area (Å²) in [5.74, 6) is 0.486. The minimum atomic E-state index is -0.644. The molecule has 1 saturated carbocycles. The van der Waals surface area contributed by atoms with Crippen molar-refractivity contribution in [3.05, 3.63) is 83.9 Å². The van der Waals surface area contributed by atoms with Crippen LogP contribution in [0.15, 0.2) is 72.8 Å². The van der Waals surface area contributed by atoms with Gasteiger partial charge in [-0.1, -0.05) is 72.8 Å². The van der Waals surface area contributed by atoms with Crippen molar-refractivity contribution in [2.75, 3.05) is 7.11 Å². The molecule has 0 amide bonds. The molecule has 8 atom stereocenters. The fraction of sp³-hybridized carbons (Fsp3) is 0.483. The van der Waals surface area contributed by atoms with Crippen molar-refractivity contribution in [1.29, 1.82) is 0 Å². The Balaban J connectivity index is 1.36. The van der Waals surface area contributed by atoms with E-state index in [1.54, 1.807) is 7.11 Å². The van der Waals surface area contributed by atoms with Gasteiger partial charge < -0.3 is 23.7 Å². The van der Waals surface area contributed by atoms with Crippen LogP contribution in [0.5, 0.6) is 0 Å². The van der Waals surface area contributed by atoms with Crippen LogP contribution in [-0.4, -0.2) is 43.8 Å². The Hall–Kier alpha value is -2.51. The van der Waals surface area contributed by atoms with E-state index in [-0.39, 0.29) is 17.8 Å². The Kier molecular flexibility index (Phi) is 7.63. The van der Waals surface area contributed by atoms with Crippen molar-refractivity contribution in [3.63, 3.8) is 0 Å². The van der Waals surface area contributed by atoms with E-state index in [0.29, 0.717) is 19.1 Å². The predicted octanol–water partition coefficient (Wildman–Crippen LogP) is 4.67. The first-order valence-corrected chi connectivity index (χ1v) is 12.5. The van der Waals surface area contributed by atoms with Crippen molar-refractivity contribution in [1.82, 2.24) is 0 Å². The van der Waals surface area contributed by atoms with Crippen molar-refractivity contribution in [2.45, 2.75) is 63.7 Å². The van der Waals surface area contributed by atoms with Gasteiger partial charge in [0.15, 0.2) is 12.4 Å². The first-order chi connectivity index (χ1) is 17.1. The Labute approximate surface area is 207 Å². The molecular formula is C29H34O6. The van der Waals surface area contributed by atoms with Gasteiger partial charge in [-0.25, -0.2) is 0 Å². The summed E-state index contributed by atoms with van der Waals surface area (Å²) in [5, 5.41) is 0. The fourth-order valence-corrected chi connectivity index (χ4v) is 5.50. The Morgan fingerprint density at radius 2 is 1.49 bits per heavy atom. The van der Waals surface area contributed by atoms with E-state index in [1.165, 1.54) is 0 Å². The summed E-state index contributed by atoms with van der Waals surface area (Å²) in [4.78, 5) is 13.3. The summed E-state index contributed by atoms with van der Waals surface area (Å²) in [7, 11) is 1.60. The lowest BCUT2D eigenvalue weighted by Gasteiger charge is -2.44. The van der Waals surface area contributed by atoms with Crippen LogP contribution < -0.4 is 0 Å². The molecule has 0 unspecified atom stereocenters. The van der Waals surface area contributed by atoms with Crippen LogP contribution in [-0.2, 0) is 41.7 Å². The largest absolute Gasteiger partial charge is 0.456 e. The molecule has 0 radical (unpaired) electrons. The molecule has 186 valence electrons. The monoisotopic (exact) mass is 478 g/mol. The molecule has 1 heterocycles. The number of carbonyl (C=O) groups is 1. The number of ether oxygens (including phenoxy) is 5. The van der Waals surface area contributed by atoms with Gasteiger partial charge >= 0.3 is 5.97 Å². The Morgan fingerprint density at radius 1 is 0.857 bits per heavy atom. The molecule has 5 rings (SSSR count). The second-order valence-electron chi connectivity index (χ2n) is 9.76. The molecule has 2 aliphatic carbocycles. The SMILES string of the molecule is CO[C@H]1O[C@H](C)[C@@H](OC(=O)[C@@H]2C[C@@H]3C=C[C@H]2C3)[C@H](OCc2ccccc2)[C@H]1OCc1ccccc1. The van der Waals surface area contributed by atoms with E-state index >= 15 is 0 Å². The molecule has 35 heavy (non-hydrogen) atoms. The number of rotatable bonds is 9. The third-order valence-electron chi connectivity index (χ3n) is 7.36. The molecule has 2 aromatic rings. The predicted molar refractivity (Wildman–Crippen MR) is 130 cm³/mol. The summed E-state index contributed by atoms with van der Waals surface area (Å²) >= 11 is 0. The standard InChI is InChI=1S/C29H34O6/c1-19-25(35-28(30)24-16-22-13-14-23(24)15-22)26(32-17-20-9-5-3-6-10-20)27(29(31-2)34-19)33-18-21-11-7-4-8-12-21/h3-14,19,22-27,29H,15-18H2,1-2H3/t19-,22-,23+,24-,25-,26+,27-,29+/m1/s1. The Morgan fingerprint density at radius 3 is 2.03 bits per heavy atom. The van der Waals surface area contributed by atoms with E-state index in [9.17, 15) is 4.79 Å². The van der Waals surface area contributed by atoms with Crippen molar-refractivity contribution >= 4 is 5.97 Å². The first kappa shape index (κ1) is 24.2. The highest BCUT2D eigenvalue weighted by Crippen LogP contribution is 2.44. The topological polar surface area (TPSA) is 63.2 Å². The molecule has 2 bridgehead atoms. The van der Waals surface area contributed by atoms with Crippen LogP contribution in [0.3, 0.4) is 0 Å². The van der Waals surface area contributed by atoms with Crippen molar-refractivity contribution < 1.29 is 28.5 Å². The first-order valence-electron chi connectivity index (χ1n) is 12.5. The maximum atomic E-state index is 13.3. The smallest absolute Gasteiger partial charge is 0.310 e. The molecular weight excluding hydrogens is 444 g/mol. The zero-order valence-corrected chi connectivity index (χ0v) is 20.3. The highest BCUT2D eigenvalue weighted by molar-refractivity contribution is 5.74. The summed E-state index contributed by atoms with van der Waals surface area (Å²) in [6.07, 6.45) is 3.50. The average molecular weight is 479 g/mol. The highest BCUT2D eigenvalue weighted by Gasteiger charge is 2.50. The third-order valence-corrected chi connectivity index (χ3v) is 7.36. The van der Waals surface area contributed by atoms with Crippen LogP contribution in [0, 0.1) is 17.8 Å². The van der Waals surface area contributed by atoms with Crippen molar-refractivity contribution in [2.24, 2.45) is 17.8 Å². The summed E-state index contributed by atoms with van der Waals surface area (Å²) < 4.78 is 30.7. The van der Waals surface area contributed by atoms with Gasteiger partial charge in [-0.05, 0) is 42.7 Å². The molecule has 0 aromatic heterocycles. The van der Waals surface area contributed by atoms with E-state index in [2.05, 4.69) is 12.2 Å². The van der Waals surface area contributed by atoms with Gasteiger partial charge in [0.1, 0.15) is 12.2 Å². The maximum absolute atomic E-state index is 13.3. The summed E-state index contributed by atoms with van der Waals surface area (Å²) in [5.41, 5.74) is 2.07. The number of carbonyl (C=O) groups excluding carboxylic acids is 1. The van der Waals surface area contributed by atoms with Crippen LogP contribution in [0.25, 0.3) is 0 Å². The van der Waals surface area contributed by atoms with Gasteiger partial charge in [-0.15, -0.1) is 0 Å². The van der Waals surface area contributed by atoms with Gasteiger partial charge in [0, 0.05) is 7.11 Å². The number of hydrogen-bond donors (Lipinski definition) is 0. The van der Waals surface area contributed by atoms with Crippen LogP contribution in [0.1, 0.15) is 30.9 Å². The fourth-order valence-electron chi connectivity index (χ4n) is 5.50.